The van der Waals surface area contributed by atoms with Gasteiger partial charge in [-0.2, -0.15) is 0 Å². The molecule has 4 heteroatoms. The van der Waals surface area contributed by atoms with Crippen LogP contribution in [0.15, 0.2) is 12.1 Å². The van der Waals surface area contributed by atoms with Crippen LogP contribution < -0.4 is 16.2 Å². The molecular weight excluding hydrogens is 164 g/mol. The first-order valence-electron chi connectivity index (χ1n) is 3.03. The van der Waals surface area contributed by atoms with Crippen molar-refractivity contribution in [1.82, 2.24) is 0 Å². The summed E-state index contributed by atoms with van der Waals surface area (Å²) in [5, 5.41) is 0.418. The Hall–Kier alpha value is -1.09. The number of anilines is 2. The minimum Gasteiger partial charge on any atom is -0.494 e. The molecule has 0 unspecified atom stereocenters. The van der Waals surface area contributed by atoms with E-state index < -0.39 is 0 Å². The van der Waals surface area contributed by atoms with Gasteiger partial charge in [-0.15, -0.1) is 0 Å². The molecule has 1 aromatic carbocycles. The van der Waals surface area contributed by atoms with Crippen LogP contribution in [0.4, 0.5) is 11.4 Å². The average Bonchev–Trinajstić information content (AvgIpc) is 1.96. The zero-order valence-electron chi connectivity index (χ0n) is 6.10. The van der Waals surface area contributed by atoms with Crippen LogP contribution in [0.25, 0.3) is 0 Å². The molecule has 0 spiro atoms. The first-order valence-corrected chi connectivity index (χ1v) is 3.41. The second kappa shape index (κ2) is 2.88. The predicted molar refractivity (Wildman–Crippen MR) is 46.8 cm³/mol. The quantitative estimate of drug-likeness (QED) is 0.632. The maximum Gasteiger partial charge on any atom is 0.145 e. The molecule has 0 atom stereocenters. The summed E-state index contributed by atoms with van der Waals surface area (Å²) >= 11 is 5.71. The van der Waals surface area contributed by atoms with Crippen LogP contribution in [0, 0.1) is 0 Å². The summed E-state index contributed by atoms with van der Waals surface area (Å²) in [4.78, 5) is 0. The number of ether oxygens (including phenoxy) is 1. The number of benzene rings is 1. The van der Waals surface area contributed by atoms with Crippen LogP contribution >= 0.6 is 11.6 Å². The molecule has 0 amide bonds. The third-order valence-corrected chi connectivity index (χ3v) is 1.65. The highest BCUT2D eigenvalue weighted by Crippen LogP contribution is 2.31. The molecule has 4 N–H and O–H groups in total. The number of nitrogen functional groups attached to an aromatic ring is 2. The van der Waals surface area contributed by atoms with E-state index in [4.69, 9.17) is 27.8 Å². The van der Waals surface area contributed by atoms with Crippen molar-refractivity contribution >= 4 is 23.0 Å². The molecule has 0 aliphatic rings. The van der Waals surface area contributed by atoms with Crippen molar-refractivity contribution in [2.24, 2.45) is 0 Å². The van der Waals surface area contributed by atoms with Crippen molar-refractivity contribution in [3.8, 4) is 5.75 Å². The van der Waals surface area contributed by atoms with Gasteiger partial charge >= 0.3 is 0 Å². The Balaban J connectivity index is 3.24. The van der Waals surface area contributed by atoms with E-state index in [1.807, 2.05) is 0 Å². The molecule has 1 rings (SSSR count). The molecular formula is C7H9ClN2O. The minimum atomic E-state index is 0.418. The van der Waals surface area contributed by atoms with Crippen LogP contribution in [-0.2, 0) is 0 Å². The van der Waals surface area contributed by atoms with E-state index >= 15 is 0 Å². The zero-order valence-corrected chi connectivity index (χ0v) is 6.85. The van der Waals surface area contributed by atoms with Gasteiger partial charge in [0.15, 0.2) is 0 Å². The van der Waals surface area contributed by atoms with Gasteiger partial charge in [-0.25, -0.2) is 0 Å². The lowest BCUT2D eigenvalue weighted by Gasteiger charge is -2.06. The number of rotatable bonds is 1. The van der Waals surface area contributed by atoms with Gasteiger partial charge < -0.3 is 16.2 Å². The number of methoxy groups -OCH3 is 1. The molecule has 0 fully saturated rings. The van der Waals surface area contributed by atoms with E-state index in [9.17, 15) is 0 Å². The van der Waals surface area contributed by atoms with Gasteiger partial charge in [-0.1, -0.05) is 11.6 Å². The lowest BCUT2D eigenvalue weighted by molar-refractivity contribution is 0.417. The standard InChI is InChI=1S/C7H9ClN2O/c1-11-6-3-4(9)2-5(8)7(6)10/h2-3H,9-10H2,1H3. The normalized spacial score (nSPS) is 9.64. The van der Waals surface area contributed by atoms with E-state index in [0.717, 1.165) is 0 Å². The Bertz CT molecular complexity index is 275. The van der Waals surface area contributed by atoms with Gasteiger partial charge in [0.25, 0.3) is 0 Å². The lowest BCUT2D eigenvalue weighted by atomic mass is 10.2. The van der Waals surface area contributed by atoms with Crippen LogP contribution in [-0.4, -0.2) is 7.11 Å². The Morgan fingerprint density at radius 1 is 1.36 bits per heavy atom. The number of nitrogens with two attached hydrogens (primary N) is 2. The Morgan fingerprint density at radius 2 is 2.00 bits per heavy atom. The van der Waals surface area contributed by atoms with Gasteiger partial charge in [0.1, 0.15) is 5.75 Å². The van der Waals surface area contributed by atoms with E-state index in [0.29, 0.717) is 22.1 Å². The SMILES string of the molecule is COc1cc(N)cc(Cl)c1N. The highest BCUT2D eigenvalue weighted by Gasteiger charge is 2.04. The molecule has 3 nitrogen and oxygen atoms in total. The first kappa shape index (κ1) is 8.01. The highest BCUT2D eigenvalue weighted by molar-refractivity contribution is 6.33. The molecule has 0 heterocycles. The summed E-state index contributed by atoms with van der Waals surface area (Å²) in [5.41, 5.74) is 12.0. The van der Waals surface area contributed by atoms with Crippen molar-refractivity contribution in [2.75, 3.05) is 18.6 Å². The zero-order chi connectivity index (χ0) is 8.43. The summed E-state index contributed by atoms with van der Waals surface area (Å²) in [6.07, 6.45) is 0. The molecule has 0 aliphatic heterocycles. The number of hydrogen-bond acceptors (Lipinski definition) is 3. The van der Waals surface area contributed by atoms with Gasteiger partial charge in [-0.3, -0.25) is 0 Å². The lowest BCUT2D eigenvalue weighted by Crippen LogP contribution is -1.95. The molecule has 0 saturated heterocycles. The average molecular weight is 173 g/mol. The second-order valence-electron chi connectivity index (χ2n) is 2.12. The third kappa shape index (κ3) is 1.49. The maximum absolute atomic E-state index is 5.71. The Morgan fingerprint density at radius 3 is 2.55 bits per heavy atom. The molecule has 0 saturated carbocycles. The van der Waals surface area contributed by atoms with Crippen molar-refractivity contribution in [3.05, 3.63) is 17.2 Å². The minimum absolute atomic E-state index is 0.418. The van der Waals surface area contributed by atoms with Gasteiger partial charge in [0.05, 0.1) is 17.8 Å². The second-order valence-corrected chi connectivity index (χ2v) is 2.53. The molecule has 0 bridgehead atoms. The van der Waals surface area contributed by atoms with Gasteiger partial charge in [0.2, 0.25) is 0 Å². The third-order valence-electron chi connectivity index (χ3n) is 1.33. The molecule has 0 radical (unpaired) electrons. The molecule has 0 aromatic heterocycles. The largest absolute Gasteiger partial charge is 0.494 e. The predicted octanol–water partition coefficient (Wildman–Crippen LogP) is 1.51. The fourth-order valence-electron chi connectivity index (χ4n) is 0.781. The summed E-state index contributed by atoms with van der Waals surface area (Å²) in [6, 6.07) is 3.21. The Labute approximate surface area is 69.9 Å². The van der Waals surface area contributed by atoms with Crippen molar-refractivity contribution < 1.29 is 4.74 Å². The van der Waals surface area contributed by atoms with Crippen LogP contribution in [0.5, 0.6) is 5.75 Å². The van der Waals surface area contributed by atoms with E-state index in [-0.39, 0.29) is 0 Å². The van der Waals surface area contributed by atoms with Crippen LogP contribution in [0.3, 0.4) is 0 Å². The molecule has 1 aromatic rings. The number of halogens is 1. The fourth-order valence-corrected chi connectivity index (χ4v) is 1.00. The smallest absolute Gasteiger partial charge is 0.145 e. The molecule has 60 valence electrons. The van der Waals surface area contributed by atoms with Crippen molar-refractivity contribution in [2.45, 2.75) is 0 Å². The number of hydrogen-bond donors (Lipinski definition) is 2. The fraction of sp³-hybridized carbons (Fsp3) is 0.143. The summed E-state index contributed by atoms with van der Waals surface area (Å²) in [7, 11) is 1.52. The van der Waals surface area contributed by atoms with E-state index in [1.54, 1.807) is 12.1 Å². The van der Waals surface area contributed by atoms with E-state index in [1.165, 1.54) is 7.11 Å². The van der Waals surface area contributed by atoms with Crippen LogP contribution in [0.2, 0.25) is 5.02 Å². The summed E-state index contributed by atoms with van der Waals surface area (Å²) in [5.74, 6) is 0.509. The Kier molecular flexibility index (Phi) is 2.10. The van der Waals surface area contributed by atoms with Gasteiger partial charge in [0, 0.05) is 11.8 Å². The summed E-state index contributed by atoms with van der Waals surface area (Å²) in [6.45, 7) is 0. The summed E-state index contributed by atoms with van der Waals surface area (Å²) < 4.78 is 4.92. The highest BCUT2D eigenvalue weighted by atomic mass is 35.5. The monoisotopic (exact) mass is 172 g/mol. The van der Waals surface area contributed by atoms with Gasteiger partial charge in [-0.05, 0) is 6.07 Å². The molecule has 0 aliphatic carbocycles. The molecule has 11 heavy (non-hydrogen) atoms. The topological polar surface area (TPSA) is 61.3 Å². The van der Waals surface area contributed by atoms with Crippen molar-refractivity contribution in [3.63, 3.8) is 0 Å². The first-order chi connectivity index (χ1) is 5.15. The maximum atomic E-state index is 5.71. The van der Waals surface area contributed by atoms with E-state index in [2.05, 4.69) is 0 Å². The van der Waals surface area contributed by atoms with Crippen molar-refractivity contribution in [1.29, 1.82) is 0 Å². The van der Waals surface area contributed by atoms with Crippen LogP contribution in [0.1, 0.15) is 0 Å².